The molecule has 0 spiro atoms. The molecule has 4 aromatic rings. The predicted molar refractivity (Wildman–Crippen MR) is 122 cm³/mol. The van der Waals surface area contributed by atoms with Crippen molar-refractivity contribution in [3.63, 3.8) is 0 Å². The summed E-state index contributed by atoms with van der Waals surface area (Å²) in [5, 5.41) is 3.16. The largest absolute Gasteiger partial charge is 0.497 e. The molecule has 0 saturated carbocycles. The molecule has 32 heavy (non-hydrogen) atoms. The van der Waals surface area contributed by atoms with Crippen molar-refractivity contribution in [2.75, 3.05) is 26.6 Å². The maximum atomic E-state index is 12.7. The molecule has 0 atom stereocenters. The first-order chi connectivity index (χ1) is 15.5. The highest BCUT2D eigenvalue weighted by atomic mass is 16.5. The molecule has 3 aromatic carbocycles. The number of hydrogen-bond acceptors (Lipinski definition) is 6. The van der Waals surface area contributed by atoms with Gasteiger partial charge in [-0.25, -0.2) is 0 Å². The number of fused-ring (bicyclic) bond motifs is 1. The van der Waals surface area contributed by atoms with E-state index in [0.29, 0.717) is 45.2 Å². The van der Waals surface area contributed by atoms with Gasteiger partial charge in [-0.1, -0.05) is 0 Å². The zero-order valence-electron chi connectivity index (χ0n) is 17.8. The van der Waals surface area contributed by atoms with Crippen LogP contribution in [-0.2, 0) is 0 Å². The van der Waals surface area contributed by atoms with Crippen LogP contribution in [0.4, 0.5) is 5.69 Å². The Kier molecular flexibility index (Phi) is 5.81. The Morgan fingerprint density at radius 1 is 0.781 bits per heavy atom. The van der Waals surface area contributed by atoms with E-state index in [1.54, 1.807) is 55.6 Å². The van der Waals surface area contributed by atoms with Crippen LogP contribution in [0.3, 0.4) is 0 Å². The van der Waals surface area contributed by atoms with Crippen molar-refractivity contribution >= 4 is 22.6 Å². The molecule has 7 heteroatoms. The first kappa shape index (κ1) is 21.0. The zero-order valence-corrected chi connectivity index (χ0v) is 17.8. The van der Waals surface area contributed by atoms with Crippen LogP contribution in [0.2, 0.25) is 0 Å². The van der Waals surface area contributed by atoms with Crippen LogP contribution in [0.5, 0.6) is 17.2 Å². The molecule has 162 valence electrons. The highest BCUT2D eigenvalue weighted by molar-refractivity contribution is 6.05. The van der Waals surface area contributed by atoms with Crippen molar-refractivity contribution in [1.29, 1.82) is 0 Å². The van der Waals surface area contributed by atoms with Gasteiger partial charge in [0.1, 0.15) is 28.6 Å². The van der Waals surface area contributed by atoms with Gasteiger partial charge < -0.3 is 23.9 Å². The number of benzene rings is 3. The van der Waals surface area contributed by atoms with Crippen molar-refractivity contribution in [2.45, 2.75) is 0 Å². The minimum atomic E-state index is -0.360. The van der Waals surface area contributed by atoms with Gasteiger partial charge in [-0.05, 0) is 54.6 Å². The Bertz CT molecular complexity index is 1320. The number of ether oxygens (including phenoxy) is 3. The minimum Gasteiger partial charge on any atom is -0.497 e. The summed E-state index contributed by atoms with van der Waals surface area (Å²) in [7, 11) is 4.62. The number of carbonyl (C=O) groups excluding carboxylic acids is 1. The van der Waals surface area contributed by atoms with Crippen molar-refractivity contribution in [3.8, 4) is 28.6 Å². The highest BCUT2D eigenvalue weighted by Crippen LogP contribution is 2.27. The van der Waals surface area contributed by atoms with E-state index >= 15 is 0 Å². The van der Waals surface area contributed by atoms with Crippen LogP contribution in [0, 0.1) is 0 Å². The summed E-state index contributed by atoms with van der Waals surface area (Å²) in [6.45, 7) is 0. The lowest BCUT2D eigenvalue weighted by Crippen LogP contribution is -2.12. The normalized spacial score (nSPS) is 10.6. The van der Waals surface area contributed by atoms with Crippen molar-refractivity contribution in [2.24, 2.45) is 0 Å². The Labute approximate surface area is 184 Å². The molecule has 1 N–H and O–H groups in total. The summed E-state index contributed by atoms with van der Waals surface area (Å²) in [4.78, 5) is 25.5. The molecule has 1 heterocycles. The fourth-order valence-electron chi connectivity index (χ4n) is 3.27. The number of carbonyl (C=O) groups is 1. The molecule has 0 radical (unpaired) electrons. The summed E-state index contributed by atoms with van der Waals surface area (Å²) < 4.78 is 21.5. The van der Waals surface area contributed by atoms with E-state index in [1.807, 2.05) is 12.1 Å². The number of anilines is 1. The van der Waals surface area contributed by atoms with E-state index in [2.05, 4.69) is 5.32 Å². The van der Waals surface area contributed by atoms with Gasteiger partial charge in [-0.2, -0.15) is 0 Å². The summed E-state index contributed by atoms with van der Waals surface area (Å²) >= 11 is 0. The first-order valence-corrected chi connectivity index (χ1v) is 9.77. The van der Waals surface area contributed by atoms with E-state index in [0.717, 1.165) is 5.56 Å². The van der Waals surface area contributed by atoms with Gasteiger partial charge in [0.2, 0.25) is 0 Å². The standard InChI is InChI=1S/C25H21NO6/c1-29-18-7-4-15(5-8-18)24-14-22(27)21-12-17(6-9-23(21)32-24)26-25(28)16-10-19(30-2)13-20(11-16)31-3/h4-14H,1-3H3,(H,26,28). The second-order valence-corrected chi connectivity index (χ2v) is 6.97. The lowest BCUT2D eigenvalue weighted by atomic mass is 10.1. The molecule has 1 aromatic heterocycles. The van der Waals surface area contributed by atoms with Crippen LogP contribution < -0.4 is 25.0 Å². The van der Waals surface area contributed by atoms with Crippen LogP contribution in [0.25, 0.3) is 22.3 Å². The van der Waals surface area contributed by atoms with Gasteiger partial charge in [0.15, 0.2) is 5.43 Å². The zero-order chi connectivity index (χ0) is 22.7. The molecule has 4 rings (SSSR count). The third kappa shape index (κ3) is 4.27. The quantitative estimate of drug-likeness (QED) is 0.475. The molecular formula is C25H21NO6. The Hall–Kier alpha value is -4.26. The lowest BCUT2D eigenvalue weighted by molar-refractivity contribution is 0.102. The smallest absolute Gasteiger partial charge is 0.255 e. The number of hydrogen-bond donors (Lipinski definition) is 1. The second kappa shape index (κ2) is 8.85. The summed E-state index contributed by atoms with van der Waals surface area (Å²) in [5.41, 5.74) is 1.80. The van der Waals surface area contributed by atoms with Crippen molar-refractivity contribution in [3.05, 3.63) is 82.5 Å². The highest BCUT2D eigenvalue weighted by Gasteiger charge is 2.13. The van der Waals surface area contributed by atoms with E-state index in [-0.39, 0.29) is 11.3 Å². The van der Waals surface area contributed by atoms with E-state index in [9.17, 15) is 9.59 Å². The molecule has 7 nitrogen and oxygen atoms in total. The van der Waals surface area contributed by atoms with Gasteiger partial charge in [-0.3, -0.25) is 9.59 Å². The van der Waals surface area contributed by atoms with Gasteiger partial charge >= 0.3 is 0 Å². The summed E-state index contributed by atoms with van der Waals surface area (Å²) in [6.07, 6.45) is 0. The van der Waals surface area contributed by atoms with E-state index < -0.39 is 0 Å². The van der Waals surface area contributed by atoms with Gasteiger partial charge in [-0.15, -0.1) is 0 Å². The lowest BCUT2D eigenvalue weighted by Gasteiger charge is -2.10. The molecule has 1 amide bonds. The minimum absolute atomic E-state index is 0.212. The van der Waals surface area contributed by atoms with Crippen LogP contribution in [0.15, 0.2) is 75.9 Å². The van der Waals surface area contributed by atoms with Crippen LogP contribution >= 0.6 is 0 Å². The third-order valence-corrected chi connectivity index (χ3v) is 4.97. The van der Waals surface area contributed by atoms with Crippen molar-refractivity contribution in [1.82, 2.24) is 0 Å². The van der Waals surface area contributed by atoms with Crippen LogP contribution in [0.1, 0.15) is 10.4 Å². The monoisotopic (exact) mass is 431 g/mol. The average molecular weight is 431 g/mol. The molecule has 0 unspecified atom stereocenters. The fourth-order valence-corrected chi connectivity index (χ4v) is 3.27. The van der Waals surface area contributed by atoms with Crippen molar-refractivity contribution < 1.29 is 23.4 Å². The Balaban J connectivity index is 1.63. The van der Waals surface area contributed by atoms with Gasteiger partial charge in [0.25, 0.3) is 5.91 Å². The third-order valence-electron chi connectivity index (χ3n) is 4.97. The molecule has 0 aliphatic rings. The first-order valence-electron chi connectivity index (χ1n) is 9.77. The molecule has 0 bridgehead atoms. The number of amides is 1. The van der Waals surface area contributed by atoms with Gasteiger partial charge in [0, 0.05) is 28.9 Å². The Morgan fingerprint density at radius 3 is 2.06 bits per heavy atom. The SMILES string of the molecule is COc1ccc(-c2cc(=O)c3cc(NC(=O)c4cc(OC)cc(OC)c4)ccc3o2)cc1. The van der Waals surface area contributed by atoms with E-state index in [4.69, 9.17) is 18.6 Å². The molecule has 0 aliphatic heterocycles. The Morgan fingerprint density at radius 2 is 1.44 bits per heavy atom. The number of nitrogens with one attached hydrogen (secondary N) is 1. The molecular weight excluding hydrogens is 410 g/mol. The second-order valence-electron chi connectivity index (χ2n) is 6.97. The summed E-state index contributed by atoms with van der Waals surface area (Å²) in [5.74, 6) is 1.80. The molecule has 0 fully saturated rings. The molecule has 0 saturated heterocycles. The maximum Gasteiger partial charge on any atom is 0.255 e. The summed E-state index contributed by atoms with van der Waals surface area (Å²) in [6, 6.07) is 18.5. The number of methoxy groups -OCH3 is 3. The number of rotatable bonds is 6. The van der Waals surface area contributed by atoms with E-state index in [1.165, 1.54) is 20.3 Å². The van der Waals surface area contributed by atoms with Crippen LogP contribution in [-0.4, -0.2) is 27.2 Å². The molecule has 0 aliphatic carbocycles. The predicted octanol–water partition coefficient (Wildman–Crippen LogP) is 4.74. The van der Waals surface area contributed by atoms with Gasteiger partial charge in [0.05, 0.1) is 26.7 Å². The topological polar surface area (TPSA) is 87.0 Å². The average Bonchev–Trinajstić information content (AvgIpc) is 2.83. The maximum absolute atomic E-state index is 12.7. The fraction of sp³-hybridized carbons (Fsp3) is 0.120.